The van der Waals surface area contributed by atoms with E-state index >= 15 is 0 Å². The number of fused-ring (bicyclic) bond motifs is 1. The van der Waals surface area contributed by atoms with E-state index in [-0.39, 0.29) is 0 Å². The zero-order valence-corrected chi connectivity index (χ0v) is 11.6. The molecule has 3 heteroatoms. The van der Waals surface area contributed by atoms with Gasteiger partial charge in [0, 0.05) is 15.4 Å². The molecule has 1 aromatic heterocycles. The second-order valence-corrected chi connectivity index (χ2v) is 5.16. The zero-order chi connectivity index (χ0) is 13.2. The number of hydrogen-bond acceptors (Lipinski definition) is 2. The molecule has 0 unspecified atom stereocenters. The molecule has 0 saturated heterocycles. The molecular weight excluding hydrogens is 302 g/mol. The normalized spacial score (nSPS) is 10.6. The average molecular weight is 312 g/mol. The minimum atomic E-state index is 0.455. The van der Waals surface area contributed by atoms with E-state index in [4.69, 9.17) is 0 Å². The fraction of sp³-hybridized carbons (Fsp3) is 0. The van der Waals surface area contributed by atoms with Crippen LogP contribution in [-0.2, 0) is 0 Å². The maximum Gasteiger partial charge on any atom is 0.168 e. The Balaban J connectivity index is 2.32. The van der Waals surface area contributed by atoms with Gasteiger partial charge in [-0.1, -0.05) is 52.3 Å². The smallest absolute Gasteiger partial charge is 0.168 e. The highest BCUT2D eigenvalue weighted by Crippen LogP contribution is 2.28. The quantitative estimate of drug-likeness (QED) is 0.653. The van der Waals surface area contributed by atoms with E-state index in [1.54, 1.807) is 0 Å². The van der Waals surface area contributed by atoms with Crippen molar-refractivity contribution in [2.24, 2.45) is 0 Å². The van der Waals surface area contributed by atoms with Gasteiger partial charge in [-0.05, 0) is 23.6 Å². The van der Waals surface area contributed by atoms with Crippen molar-refractivity contribution in [2.75, 3.05) is 0 Å². The molecular formula is C16H10BrNO. The van der Waals surface area contributed by atoms with Crippen molar-refractivity contribution < 1.29 is 4.79 Å². The van der Waals surface area contributed by atoms with E-state index in [0.29, 0.717) is 5.69 Å². The Kier molecular flexibility index (Phi) is 3.13. The summed E-state index contributed by atoms with van der Waals surface area (Å²) in [6.45, 7) is 0. The summed E-state index contributed by atoms with van der Waals surface area (Å²) in [6.07, 6.45) is 0.787. The molecule has 0 amide bonds. The molecule has 1 heterocycles. The fourth-order valence-corrected chi connectivity index (χ4v) is 2.37. The van der Waals surface area contributed by atoms with Crippen molar-refractivity contribution in [1.29, 1.82) is 0 Å². The molecule has 0 bridgehead atoms. The van der Waals surface area contributed by atoms with Gasteiger partial charge in [0.1, 0.15) is 5.69 Å². The minimum Gasteiger partial charge on any atom is -0.296 e. The number of halogens is 1. The Bertz CT molecular complexity index is 750. The standard InChI is InChI=1S/C16H10BrNO/c17-13-7-5-11(6-8-13)16-15-4-2-1-3-12(15)9-14(10-19)18-16/h1-10H. The van der Waals surface area contributed by atoms with Gasteiger partial charge in [-0.2, -0.15) is 0 Å². The Morgan fingerprint density at radius 2 is 1.74 bits per heavy atom. The first-order valence-corrected chi connectivity index (χ1v) is 6.68. The summed E-state index contributed by atoms with van der Waals surface area (Å²) in [5.74, 6) is 0. The third-order valence-electron chi connectivity index (χ3n) is 3.00. The van der Waals surface area contributed by atoms with Crippen molar-refractivity contribution in [3.63, 3.8) is 0 Å². The van der Waals surface area contributed by atoms with Crippen LogP contribution in [0, 0.1) is 0 Å². The molecule has 2 nitrogen and oxygen atoms in total. The van der Waals surface area contributed by atoms with E-state index < -0.39 is 0 Å². The number of nitrogens with zero attached hydrogens (tertiary/aromatic N) is 1. The van der Waals surface area contributed by atoms with Crippen molar-refractivity contribution >= 4 is 33.0 Å². The summed E-state index contributed by atoms with van der Waals surface area (Å²) < 4.78 is 1.02. The van der Waals surface area contributed by atoms with Crippen LogP contribution in [0.4, 0.5) is 0 Å². The summed E-state index contributed by atoms with van der Waals surface area (Å²) >= 11 is 3.42. The number of carbonyl (C=O) groups is 1. The maximum absolute atomic E-state index is 11.0. The van der Waals surface area contributed by atoms with Crippen LogP contribution in [0.2, 0.25) is 0 Å². The monoisotopic (exact) mass is 311 g/mol. The number of rotatable bonds is 2. The van der Waals surface area contributed by atoms with Gasteiger partial charge in [0.05, 0.1) is 5.69 Å². The summed E-state index contributed by atoms with van der Waals surface area (Å²) in [7, 11) is 0. The maximum atomic E-state index is 11.0. The molecule has 0 aliphatic heterocycles. The van der Waals surface area contributed by atoms with Gasteiger partial charge in [-0.3, -0.25) is 4.79 Å². The first-order chi connectivity index (χ1) is 9.28. The SMILES string of the molecule is O=Cc1cc2ccccc2c(-c2ccc(Br)cc2)n1. The Morgan fingerprint density at radius 3 is 2.47 bits per heavy atom. The van der Waals surface area contributed by atoms with Crippen LogP contribution in [0.25, 0.3) is 22.0 Å². The molecule has 0 aliphatic carbocycles. The number of aldehydes is 1. The first-order valence-electron chi connectivity index (χ1n) is 5.89. The topological polar surface area (TPSA) is 30.0 Å². The second kappa shape index (κ2) is 4.94. The molecule has 3 aromatic rings. The molecule has 0 fully saturated rings. The van der Waals surface area contributed by atoms with Gasteiger partial charge in [-0.25, -0.2) is 4.98 Å². The molecule has 3 rings (SSSR count). The lowest BCUT2D eigenvalue weighted by Crippen LogP contribution is -1.92. The Morgan fingerprint density at radius 1 is 1.00 bits per heavy atom. The highest BCUT2D eigenvalue weighted by molar-refractivity contribution is 9.10. The van der Waals surface area contributed by atoms with Gasteiger partial charge in [-0.15, -0.1) is 0 Å². The lowest BCUT2D eigenvalue weighted by atomic mass is 10.0. The number of hydrogen-bond donors (Lipinski definition) is 0. The minimum absolute atomic E-state index is 0.455. The first kappa shape index (κ1) is 12.1. The third-order valence-corrected chi connectivity index (χ3v) is 3.53. The average Bonchev–Trinajstić information content (AvgIpc) is 2.47. The molecule has 0 aliphatic rings. The van der Waals surface area contributed by atoms with Crippen LogP contribution in [0.15, 0.2) is 59.1 Å². The van der Waals surface area contributed by atoms with Crippen molar-refractivity contribution in [2.45, 2.75) is 0 Å². The van der Waals surface area contributed by atoms with Crippen LogP contribution in [0.3, 0.4) is 0 Å². The van der Waals surface area contributed by atoms with Crippen LogP contribution in [0.5, 0.6) is 0 Å². The van der Waals surface area contributed by atoms with E-state index in [0.717, 1.165) is 32.8 Å². The Labute approximate surface area is 119 Å². The molecule has 0 saturated carbocycles. The second-order valence-electron chi connectivity index (χ2n) is 4.24. The van der Waals surface area contributed by atoms with Crippen LogP contribution < -0.4 is 0 Å². The summed E-state index contributed by atoms with van der Waals surface area (Å²) in [6, 6.07) is 17.7. The number of aromatic nitrogens is 1. The van der Waals surface area contributed by atoms with Gasteiger partial charge < -0.3 is 0 Å². The lowest BCUT2D eigenvalue weighted by molar-refractivity contribution is 0.111. The van der Waals surface area contributed by atoms with Gasteiger partial charge >= 0.3 is 0 Å². The highest BCUT2D eigenvalue weighted by atomic mass is 79.9. The molecule has 0 N–H and O–H groups in total. The van der Waals surface area contributed by atoms with Crippen LogP contribution >= 0.6 is 15.9 Å². The van der Waals surface area contributed by atoms with Crippen molar-refractivity contribution in [1.82, 2.24) is 4.98 Å². The van der Waals surface area contributed by atoms with Gasteiger partial charge in [0.15, 0.2) is 6.29 Å². The summed E-state index contributed by atoms with van der Waals surface area (Å²) in [5, 5.41) is 2.08. The van der Waals surface area contributed by atoms with Crippen molar-refractivity contribution in [3.8, 4) is 11.3 Å². The van der Waals surface area contributed by atoms with Crippen molar-refractivity contribution in [3.05, 3.63) is 64.8 Å². The largest absolute Gasteiger partial charge is 0.296 e. The molecule has 19 heavy (non-hydrogen) atoms. The van der Waals surface area contributed by atoms with Crippen LogP contribution in [0.1, 0.15) is 10.5 Å². The zero-order valence-electron chi connectivity index (χ0n) is 10.0. The molecule has 0 radical (unpaired) electrons. The fourth-order valence-electron chi connectivity index (χ4n) is 2.11. The summed E-state index contributed by atoms with van der Waals surface area (Å²) in [5.41, 5.74) is 2.30. The number of carbonyl (C=O) groups excluding carboxylic acids is 1. The molecule has 0 atom stereocenters. The van der Waals surface area contributed by atoms with E-state index in [9.17, 15) is 4.79 Å². The predicted molar refractivity (Wildman–Crippen MR) is 80.3 cm³/mol. The van der Waals surface area contributed by atoms with E-state index in [2.05, 4.69) is 20.9 Å². The van der Waals surface area contributed by atoms with E-state index in [1.165, 1.54) is 0 Å². The third kappa shape index (κ3) is 2.29. The molecule has 2 aromatic carbocycles. The highest BCUT2D eigenvalue weighted by Gasteiger charge is 2.07. The van der Waals surface area contributed by atoms with Gasteiger partial charge in [0.2, 0.25) is 0 Å². The number of pyridine rings is 1. The van der Waals surface area contributed by atoms with E-state index in [1.807, 2.05) is 54.6 Å². The molecule has 92 valence electrons. The predicted octanol–water partition coefficient (Wildman–Crippen LogP) is 4.48. The van der Waals surface area contributed by atoms with Gasteiger partial charge in [0.25, 0.3) is 0 Å². The lowest BCUT2D eigenvalue weighted by Gasteiger charge is -2.07. The van der Waals surface area contributed by atoms with Crippen LogP contribution in [-0.4, -0.2) is 11.3 Å². The summed E-state index contributed by atoms with van der Waals surface area (Å²) in [4.78, 5) is 15.5. The molecule has 0 spiro atoms. The Hall–Kier alpha value is -2.00. The number of benzene rings is 2.